The molecule has 0 saturated carbocycles. The molecule has 0 aromatic heterocycles. The summed E-state index contributed by atoms with van der Waals surface area (Å²) in [5.74, 6) is -0.966. The number of hydrogen-bond donors (Lipinski definition) is 1. The lowest BCUT2D eigenvalue weighted by Gasteiger charge is -2.16. The molecule has 136 valence electrons. The molecule has 0 fully saturated rings. The molecule has 7 nitrogen and oxygen atoms in total. The maximum absolute atomic E-state index is 12.8. The van der Waals surface area contributed by atoms with Gasteiger partial charge in [-0.2, -0.15) is 0 Å². The van der Waals surface area contributed by atoms with Crippen LogP contribution in [-0.4, -0.2) is 41.0 Å². The molecule has 0 saturated heterocycles. The number of nitrogens with one attached hydrogen (secondary N) is 1. The van der Waals surface area contributed by atoms with Crippen molar-refractivity contribution in [2.45, 2.75) is 4.90 Å². The van der Waals surface area contributed by atoms with E-state index in [1.165, 1.54) is 60.1 Å². The molecule has 0 bridgehead atoms. The Labute approximate surface area is 153 Å². The molecule has 0 aliphatic carbocycles. The van der Waals surface area contributed by atoms with Crippen molar-refractivity contribution < 1.29 is 18.9 Å². The van der Waals surface area contributed by atoms with Crippen molar-refractivity contribution in [2.24, 2.45) is 0 Å². The van der Waals surface area contributed by atoms with Gasteiger partial charge in [0.25, 0.3) is 5.69 Å². The van der Waals surface area contributed by atoms with E-state index in [0.29, 0.717) is 10.6 Å². The predicted molar refractivity (Wildman–Crippen MR) is 96.5 cm³/mol. The fraction of sp³-hybridized carbons (Fsp3) is 0.176. The van der Waals surface area contributed by atoms with Crippen molar-refractivity contribution in [1.29, 1.82) is 0 Å². The molecular weight excluding hydrogens is 361 g/mol. The Balaban J connectivity index is 1.80. The highest BCUT2D eigenvalue weighted by atomic mass is 32.2. The number of rotatable bonds is 7. The van der Waals surface area contributed by atoms with Crippen LogP contribution in [0, 0.1) is 15.9 Å². The van der Waals surface area contributed by atoms with E-state index in [1.54, 1.807) is 12.1 Å². The molecular formula is C17H16FN3O4S. The van der Waals surface area contributed by atoms with Gasteiger partial charge >= 0.3 is 0 Å². The molecule has 0 atom stereocenters. The van der Waals surface area contributed by atoms with Gasteiger partial charge in [0.2, 0.25) is 11.8 Å². The molecule has 0 unspecified atom stereocenters. The summed E-state index contributed by atoms with van der Waals surface area (Å²) in [6.45, 7) is -0.142. The van der Waals surface area contributed by atoms with Gasteiger partial charge in [-0.15, -0.1) is 11.8 Å². The van der Waals surface area contributed by atoms with Crippen LogP contribution in [0.15, 0.2) is 53.4 Å². The molecule has 26 heavy (non-hydrogen) atoms. The quantitative estimate of drug-likeness (QED) is 0.455. The number of likely N-dealkylation sites (N-methyl/N-ethyl adjacent to an activating group) is 1. The van der Waals surface area contributed by atoms with Crippen molar-refractivity contribution in [3.05, 3.63) is 64.5 Å². The van der Waals surface area contributed by atoms with Crippen LogP contribution in [-0.2, 0) is 9.59 Å². The third kappa shape index (κ3) is 5.85. The van der Waals surface area contributed by atoms with Crippen LogP contribution >= 0.6 is 11.8 Å². The van der Waals surface area contributed by atoms with Crippen LogP contribution in [0.2, 0.25) is 0 Å². The zero-order valence-corrected chi connectivity index (χ0v) is 14.7. The lowest BCUT2D eigenvalue weighted by atomic mass is 10.3. The van der Waals surface area contributed by atoms with E-state index in [2.05, 4.69) is 5.32 Å². The summed E-state index contributed by atoms with van der Waals surface area (Å²) in [6.07, 6.45) is 0. The summed E-state index contributed by atoms with van der Waals surface area (Å²) in [7, 11) is 1.50. The largest absolute Gasteiger partial charge is 0.336 e. The molecule has 2 rings (SSSR count). The summed E-state index contributed by atoms with van der Waals surface area (Å²) in [5, 5.41) is 13.2. The molecule has 0 radical (unpaired) electrons. The average Bonchev–Trinajstić information content (AvgIpc) is 2.61. The number of benzene rings is 2. The Morgan fingerprint density at radius 1 is 1.15 bits per heavy atom. The second-order valence-electron chi connectivity index (χ2n) is 5.34. The van der Waals surface area contributed by atoms with E-state index in [4.69, 9.17) is 0 Å². The van der Waals surface area contributed by atoms with Gasteiger partial charge in [-0.05, 0) is 36.4 Å². The van der Waals surface area contributed by atoms with Crippen LogP contribution in [0.25, 0.3) is 0 Å². The summed E-state index contributed by atoms with van der Waals surface area (Å²) >= 11 is 1.22. The third-order valence-electron chi connectivity index (χ3n) is 3.34. The second kappa shape index (κ2) is 8.95. The van der Waals surface area contributed by atoms with Gasteiger partial charge in [0.1, 0.15) is 5.82 Å². The van der Waals surface area contributed by atoms with E-state index in [1.807, 2.05) is 0 Å². The summed E-state index contributed by atoms with van der Waals surface area (Å²) in [5.41, 5.74) is 0.424. The average molecular weight is 377 g/mol. The molecule has 2 amide bonds. The first-order chi connectivity index (χ1) is 12.3. The van der Waals surface area contributed by atoms with Gasteiger partial charge < -0.3 is 10.2 Å². The molecule has 0 aliphatic heterocycles. The molecule has 2 aromatic carbocycles. The number of nitrogens with zero attached hydrogens (tertiary/aromatic N) is 2. The number of nitro benzene ring substituents is 1. The summed E-state index contributed by atoms with van der Waals surface area (Å²) in [4.78, 5) is 36.1. The van der Waals surface area contributed by atoms with Gasteiger partial charge in [-0.1, -0.05) is 0 Å². The topological polar surface area (TPSA) is 92.6 Å². The number of carbonyl (C=O) groups excluding carboxylic acids is 2. The first kappa shape index (κ1) is 19.4. The van der Waals surface area contributed by atoms with Crippen LogP contribution < -0.4 is 5.32 Å². The summed E-state index contributed by atoms with van der Waals surface area (Å²) < 4.78 is 12.8. The number of amides is 2. The Morgan fingerprint density at radius 2 is 1.77 bits per heavy atom. The van der Waals surface area contributed by atoms with Crippen LogP contribution in [0.5, 0.6) is 0 Å². The van der Waals surface area contributed by atoms with E-state index in [-0.39, 0.29) is 23.9 Å². The first-order valence-electron chi connectivity index (χ1n) is 7.52. The molecule has 1 N–H and O–H groups in total. The maximum atomic E-state index is 12.8. The highest BCUT2D eigenvalue weighted by Crippen LogP contribution is 2.21. The maximum Gasteiger partial charge on any atom is 0.269 e. The molecule has 9 heteroatoms. The van der Waals surface area contributed by atoms with Crippen molar-refractivity contribution in [3.63, 3.8) is 0 Å². The molecule has 2 aromatic rings. The minimum atomic E-state index is -0.493. The lowest BCUT2D eigenvalue weighted by Crippen LogP contribution is -2.35. The van der Waals surface area contributed by atoms with Crippen molar-refractivity contribution in [3.8, 4) is 0 Å². The third-order valence-corrected chi connectivity index (χ3v) is 4.34. The number of carbonyl (C=O) groups is 2. The first-order valence-corrected chi connectivity index (χ1v) is 8.50. The number of nitro groups is 1. The predicted octanol–water partition coefficient (Wildman–Crippen LogP) is 2.92. The van der Waals surface area contributed by atoms with E-state index < -0.39 is 16.6 Å². The van der Waals surface area contributed by atoms with Crippen LogP contribution in [0.1, 0.15) is 0 Å². The Bertz CT molecular complexity index is 797. The number of anilines is 1. The SMILES string of the molecule is CN(CC(=O)Nc1ccc(F)cc1)C(=O)CSc1ccc([N+](=O)[O-])cc1. The Hall–Kier alpha value is -2.94. The van der Waals surface area contributed by atoms with Gasteiger partial charge in [-0.3, -0.25) is 19.7 Å². The van der Waals surface area contributed by atoms with Gasteiger partial charge in [0, 0.05) is 29.8 Å². The monoisotopic (exact) mass is 377 g/mol. The minimum absolute atomic E-state index is 0.0183. The van der Waals surface area contributed by atoms with Crippen molar-refractivity contribution in [1.82, 2.24) is 4.90 Å². The smallest absolute Gasteiger partial charge is 0.269 e. The minimum Gasteiger partial charge on any atom is -0.336 e. The highest BCUT2D eigenvalue weighted by molar-refractivity contribution is 8.00. The number of non-ortho nitro benzene ring substituents is 1. The fourth-order valence-corrected chi connectivity index (χ4v) is 2.80. The standard InChI is InChI=1S/C17H16FN3O4S/c1-20(10-16(22)19-13-4-2-12(18)3-5-13)17(23)11-26-15-8-6-14(7-9-15)21(24)25/h2-9H,10-11H2,1H3,(H,19,22). The van der Waals surface area contributed by atoms with Crippen LogP contribution in [0.4, 0.5) is 15.8 Å². The summed E-state index contributed by atoms with van der Waals surface area (Å²) in [6, 6.07) is 11.2. The number of hydrogen-bond acceptors (Lipinski definition) is 5. The number of halogens is 1. The lowest BCUT2D eigenvalue weighted by molar-refractivity contribution is -0.384. The van der Waals surface area contributed by atoms with Gasteiger partial charge in [0.05, 0.1) is 17.2 Å². The fourth-order valence-electron chi connectivity index (χ4n) is 1.96. The Morgan fingerprint density at radius 3 is 2.35 bits per heavy atom. The molecule has 0 spiro atoms. The van der Waals surface area contributed by atoms with Crippen LogP contribution in [0.3, 0.4) is 0 Å². The molecule has 0 aliphatic rings. The van der Waals surface area contributed by atoms with E-state index in [9.17, 15) is 24.1 Å². The normalized spacial score (nSPS) is 10.2. The van der Waals surface area contributed by atoms with E-state index >= 15 is 0 Å². The van der Waals surface area contributed by atoms with E-state index in [0.717, 1.165) is 0 Å². The van der Waals surface area contributed by atoms with Crippen molar-refractivity contribution in [2.75, 3.05) is 24.7 Å². The second-order valence-corrected chi connectivity index (χ2v) is 6.39. The van der Waals surface area contributed by atoms with Crippen molar-refractivity contribution >= 4 is 35.0 Å². The zero-order valence-electron chi connectivity index (χ0n) is 13.8. The Kier molecular flexibility index (Phi) is 6.67. The number of thioether (sulfide) groups is 1. The highest BCUT2D eigenvalue weighted by Gasteiger charge is 2.14. The molecule has 0 heterocycles. The van der Waals surface area contributed by atoms with Gasteiger partial charge in [0.15, 0.2) is 0 Å². The zero-order chi connectivity index (χ0) is 19.1. The van der Waals surface area contributed by atoms with Gasteiger partial charge in [-0.25, -0.2) is 4.39 Å².